The molecule has 0 unspecified atom stereocenters. The van der Waals surface area contributed by atoms with Crippen molar-refractivity contribution in [3.63, 3.8) is 0 Å². The van der Waals surface area contributed by atoms with E-state index in [9.17, 15) is 4.79 Å². The van der Waals surface area contributed by atoms with Gasteiger partial charge in [-0.25, -0.2) is 9.97 Å². The number of nitrogens with one attached hydrogen (secondary N) is 1. The maximum Gasteiger partial charge on any atom is 0.227 e. The topological polar surface area (TPSA) is 84.2 Å². The number of carbonyl (C=O) groups excluding carboxylic acids is 1. The summed E-state index contributed by atoms with van der Waals surface area (Å²) in [5, 5.41) is 7.34. The van der Waals surface area contributed by atoms with Crippen molar-refractivity contribution in [1.82, 2.24) is 20.0 Å². The van der Waals surface area contributed by atoms with Crippen molar-refractivity contribution in [2.75, 3.05) is 18.4 Å². The first-order valence-electron chi connectivity index (χ1n) is 8.27. The highest BCUT2D eigenvalue weighted by atomic mass is 16.5. The second-order valence-corrected chi connectivity index (χ2v) is 6.32. The minimum absolute atomic E-state index is 0.140. The van der Waals surface area contributed by atoms with Gasteiger partial charge in [-0.15, -0.1) is 0 Å². The SMILES string of the molecule is Cc1cc(NC2CCN(C(=O)Cc3c(C)noc3C)CC2)ncn1. The van der Waals surface area contributed by atoms with Crippen LogP contribution in [0.3, 0.4) is 0 Å². The predicted molar refractivity (Wildman–Crippen MR) is 89.7 cm³/mol. The van der Waals surface area contributed by atoms with Gasteiger partial charge in [0.25, 0.3) is 0 Å². The van der Waals surface area contributed by atoms with Crippen LogP contribution in [0, 0.1) is 20.8 Å². The predicted octanol–water partition coefficient (Wildman–Crippen LogP) is 2.04. The fourth-order valence-electron chi connectivity index (χ4n) is 3.03. The number of hydrogen-bond donors (Lipinski definition) is 1. The van der Waals surface area contributed by atoms with E-state index in [1.54, 1.807) is 6.33 Å². The Morgan fingerprint density at radius 2 is 2.04 bits per heavy atom. The van der Waals surface area contributed by atoms with Crippen molar-refractivity contribution >= 4 is 11.7 Å². The van der Waals surface area contributed by atoms with Gasteiger partial charge in [-0.05, 0) is 33.6 Å². The second kappa shape index (κ2) is 6.98. The van der Waals surface area contributed by atoms with Gasteiger partial charge in [0, 0.05) is 36.5 Å². The normalized spacial score (nSPS) is 15.5. The molecular weight excluding hydrogens is 306 g/mol. The van der Waals surface area contributed by atoms with E-state index in [2.05, 4.69) is 20.4 Å². The van der Waals surface area contributed by atoms with Gasteiger partial charge in [-0.3, -0.25) is 4.79 Å². The lowest BCUT2D eigenvalue weighted by Crippen LogP contribution is -2.43. The molecule has 128 valence electrons. The Balaban J connectivity index is 1.52. The maximum absolute atomic E-state index is 12.5. The second-order valence-electron chi connectivity index (χ2n) is 6.32. The van der Waals surface area contributed by atoms with Gasteiger partial charge < -0.3 is 14.7 Å². The van der Waals surface area contributed by atoms with Crippen LogP contribution in [-0.4, -0.2) is 45.1 Å². The number of likely N-dealkylation sites (tertiary alicyclic amines) is 1. The quantitative estimate of drug-likeness (QED) is 0.924. The van der Waals surface area contributed by atoms with Crippen LogP contribution in [0.2, 0.25) is 0 Å². The average Bonchev–Trinajstić information content (AvgIpc) is 2.87. The van der Waals surface area contributed by atoms with Crippen molar-refractivity contribution in [1.29, 1.82) is 0 Å². The molecular formula is C17H23N5O2. The van der Waals surface area contributed by atoms with Gasteiger partial charge in [0.1, 0.15) is 17.9 Å². The van der Waals surface area contributed by atoms with E-state index in [0.29, 0.717) is 12.5 Å². The summed E-state index contributed by atoms with van der Waals surface area (Å²) in [4.78, 5) is 22.8. The van der Waals surface area contributed by atoms with Crippen molar-refractivity contribution < 1.29 is 9.32 Å². The van der Waals surface area contributed by atoms with Crippen LogP contribution in [0.25, 0.3) is 0 Å². The van der Waals surface area contributed by atoms with Gasteiger partial charge in [0.05, 0.1) is 12.1 Å². The summed E-state index contributed by atoms with van der Waals surface area (Å²) in [6, 6.07) is 2.28. The fourth-order valence-corrected chi connectivity index (χ4v) is 3.03. The van der Waals surface area contributed by atoms with Gasteiger partial charge in [0.2, 0.25) is 5.91 Å². The number of anilines is 1. The molecule has 0 aliphatic carbocycles. The van der Waals surface area contributed by atoms with Crippen LogP contribution in [0.4, 0.5) is 5.82 Å². The van der Waals surface area contributed by atoms with Crippen LogP contribution < -0.4 is 5.32 Å². The third-order valence-corrected chi connectivity index (χ3v) is 4.51. The van der Waals surface area contributed by atoms with Crippen LogP contribution in [0.5, 0.6) is 0 Å². The van der Waals surface area contributed by atoms with E-state index >= 15 is 0 Å². The first-order chi connectivity index (χ1) is 11.5. The Morgan fingerprint density at radius 1 is 1.29 bits per heavy atom. The smallest absolute Gasteiger partial charge is 0.227 e. The van der Waals surface area contributed by atoms with E-state index in [1.807, 2.05) is 31.7 Å². The molecule has 7 heteroatoms. The molecule has 3 heterocycles. The van der Waals surface area contributed by atoms with E-state index in [1.165, 1.54) is 0 Å². The van der Waals surface area contributed by atoms with Gasteiger partial charge in [-0.2, -0.15) is 0 Å². The fraction of sp³-hybridized carbons (Fsp3) is 0.529. The van der Waals surface area contributed by atoms with E-state index in [-0.39, 0.29) is 5.91 Å². The summed E-state index contributed by atoms with van der Waals surface area (Å²) in [5.41, 5.74) is 2.66. The number of aryl methyl sites for hydroxylation is 3. The molecule has 1 aliphatic rings. The number of nitrogens with zero attached hydrogens (tertiary/aromatic N) is 4. The molecule has 1 fully saturated rings. The number of amides is 1. The summed E-state index contributed by atoms with van der Waals surface area (Å²) >= 11 is 0. The standard InChI is InChI=1S/C17H23N5O2/c1-11-8-16(19-10-18-11)20-14-4-6-22(7-5-14)17(23)9-15-12(2)21-24-13(15)3/h8,10,14H,4-7,9H2,1-3H3,(H,18,19,20). The first kappa shape index (κ1) is 16.4. The molecule has 0 atom stereocenters. The summed E-state index contributed by atoms with van der Waals surface area (Å²) in [5.74, 6) is 1.72. The van der Waals surface area contributed by atoms with Crippen molar-refractivity contribution in [2.24, 2.45) is 0 Å². The molecule has 2 aromatic rings. The molecule has 7 nitrogen and oxygen atoms in total. The van der Waals surface area contributed by atoms with Crippen molar-refractivity contribution in [2.45, 2.75) is 46.1 Å². The Hall–Kier alpha value is -2.44. The molecule has 1 saturated heterocycles. The third kappa shape index (κ3) is 3.72. The molecule has 2 aromatic heterocycles. The molecule has 1 amide bonds. The van der Waals surface area contributed by atoms with Gasteiger partial charge in [-0.1, -0.05) is 5.16 Å². The Kier molecular flexibility index (Phi) is 4.78. The molecule has 0 saturated carbocycles. The summed E-state index contributed by atoms with van der Waals surface area (Å²) < 4.78 is 5.13. The highest BCUT2D eigenvalue weighted by Crippen LogP contribution is 2.18. The first-order valence-corrected chi connectivity index (χ1v) is 8.27. The van der Waals surface area contributed by atoms with Crippen LogP contribution in [0.15, 0.2) is 16.9 Å². The van der Waals surface area contributed by atoms with Crippen LogP contribution in [0.1, 0.15) is 35.6 Å². The lowest BCUT2D eigenvalue weighted by atomic mass is 10.0. The molecule has 1 N–H and O–H groups in total. The zero-order chi connectivity index (χ0) is 17.1. The highest BCUT2D eigenvalue weighted by molar-refractivity contribution is 5.79. The van der Waals surface area contributed by atoms with Gasteiger partial charge in [0.15, 0.2) is 0 Å². The molecule has 0 radical (unpaired) electrons. The summed E-state index contributed by atoms with van der Waals surface area (Å²) in [7, 11) is 0. The lowest BCUT2D eigenvalue weighted by Gasteiger charge is -2.32. The number of hydrogen-bond acceptors (Lipinski definition) is 6. The zero-order valence-corrected chi connectivity index (χ0v) is 14.4. The van der Waals surface area contributed by atoms with Gasteiger partial charge >= 0.3 is 0 Å². The van der Waals surface area contributed by atoms with E-state index in [0.717, 1.165) is 54.5 Å². The molecule has 3 rings (SSSR count). The lowest BCUT2D eigenvalue weighted by molar-refractivity contribution is -0.131. The largest absolute Gasteiger partial charge is 0.367 e. The zero-order valence-electron chi connectivity index (χ0n) is 14.4. The molecule has 0 spiro atoms. The van der Waals surface area contributed by atoms with Crippen LogP contribution >= 0.6 is 0 Å². The van der Waals surface area contributed by atoms with Crippen molar-refractivity contribution in [3.05, 3.63) is 35.1 Å². The van der Waals surface area contributed by atoms with E-state index in [4.69, 9.17) is 4.52 Å². The molecule has 1 aliphatic heterocycles. The molecule has 0 aromatic carbocycles. The number of carbonyl (C=O) groups is 1. The van der Waals surface area contributed by atoms with Crippen molar-refractivity contribution in [3.8, 4) is 0 Å². The monoisotopic (exact) mass is 329 g/mol. The van der Waals surface area contributed by atoms with Crippen LogP contribution in [-0.2, 0) is 11.2 Å². The maximum atomic E-state index is 12.5. The Morgan fingerprint density at radius 3 is 2.67 bits per heavy atom. The molecule has 0 bridgehead atoms. The number of piperidine rings is 1. The highest BCUT2D eigenvalue weighted by Gasteiger charge is 2.24. The Labute approximate surface area is 141 Å². The summed E-state index contributed by atoms with van der Waals surface area (Å²) in [6.07, 6.45) is 3.76. The molecule has 24 heavy (non-hydrogen) atoms. The Bertz CT molecular complexity index is 700. The average molecular weight is 329 g/mol. The number of rotatable bonds is 4. The van der Waals surface area contributed by atoms with E-state index < -0.39 is 0 Å². The summed E-state index contributed by atoms with van der Waals surface area (Å²) in [6.45, 7) is 7.18. The number of aromatic nitrogens is 3. The minimum Gasteiger partial charge on any atom is -0.367 e. The minimum atomic E-state index is 0.140. The third-order valence-electron chi connectivity index (χ3n) is 4.51.